The molecule has 0 aliphatic heterocycles. The van der Waals surface area contributed by atoms with Gasteiger partial charge in [0.15, 0.2) is 0 Å². The van der Waals surface area contributed by atoms with E-state index >= 15 is 0 Å². The minimum absolute atomic E-state index is 0.657. The van der Waals surface area contributed by atoms with Crippen molar-refractivity contribution in [2.24, 2.45) is 0 Å². The third-order valence-electron chi connectivity index (χ3n) is 1.47. The van der Waals surface area contributed by atoms with E-state index in [1.807, 2.05) is 24.3 Å². The van der Waals surface area contributed by atoms with E-state index < -0.39 is 18.1 Å². The monoisotopic (exact) mass is 224 g/mol. The highest BCUT2D eigenvalue weighted by molar-refractivity contribution is 6.49. The SMILES string of the molecule is C[Si](C)Oc1ccc(O[Si](C)C)cc1. The van der Waals surface area contributed by atoms with Gasteiger partial charge in [0.1, 0.15) is 11.5 Å². The van der Waals surface area contributed by atoms with Crippen LogP contribution in [0, 0.1) is 0 Å². The van der Waals surface area contributed by atoms with Gasteiger partial charge in [0.25, 0.3) is 18.1 Å². The molecule has 0 spiro atoms. The molecule has 0 saturated carbocycles. The van der Waals surface area contributed by atoms with E-state index in [1.165, 1.54) is 0 Å². The van der Waals surface area contributed by atoms with Gasteiger partial charge in [-0.3, -0.25) is 0 Å². The molecule has 1 aromatic rings. The van der Waals surface area contributed by atoms with Gasteiger partial charge in [-0.05, 0) is 50.5 Å². The number of rotatable bonds is 4. The van der Waals surface area contributed by atoms with Crippen molar-refractivity contribution in [3.8, 4) is 11.5 Å². The Morgan fingerprint density at radius 3 is 1.21 bits per heavy atom. The molecule has 0 aromatic heterocycles. The molecule has 2 radical (unpaired) electrons. The molecule has 0 N–H and O–H groups in total. The molecule has 0 heterocycles. The fourth-order valence-corrected chi connectivity index (χ4v) is 2.26. The van der Waals surface area contributed by atoms with E-state index in [4.69, 9.17) is 8.85 Å². The van der Waals surface area contributed by atoms with Crippen LogP contribution in [0.15, 0.2) is 24.3 Å². The molecule has 2 nitrogen and oxygen atoms in total. The fraction of sp³-hybridized carbons (Fsp3) is 0.400. The minimum Gasteiger partial charge on any atom is -0.543 e. The van der Waals surface area contributed by atoms with Crippen molar-refractivity contribution in [3.63, 3.8) is 0 Å². The molecule has 0 aliphatic rings. The van der Waals surface area contributed by atoms with E-state index in [9.17, 15) is 0 Å². The van der Waals surface area contributed by atoms with Crippen molar-refractivity contribution >= 4 is 18.1 Å². The Morgan fingerprint density at radius 1 is 0.714 bits per heavy atom. The lowest BCUT2D eigenvalue weighted by atomic mass is 10.3. The molecule has 4 heteroatoms. The first kappa shape index (κ1) is 11.3. The Labute approximate surface area is 89.3 Å². The molecule has 76 valence electrons. The summed E-state index contributed by atoms with van der Waals surface area (Å²) < 4.78 is 11.3. The molecule has 0 atom stereocenters. The first-order valence-electron chi connectivity index (χ1n) is 4.64. The van der Waals surface area contributed by atoms with Crippen molar-refractivity contribution in [3.05, 3.63) is 24.3 Å². The van der Waals surface area contributed by atoms with Crippen molar-refractivity contribution < 1.29 is 8.85 Å². The van der Waals surface area contributed by atoms with E-state index in [0.29, 0.717) is 0 Å². The Bertz CT molecular complexity index is 241. The van der Waals surface area contributed by atoms with Crippen LogP contribution in [0.1, 0.15) is 0 Å². The Hall–Kier alpha value is -0.746. The summed E-state index contributed by atoms with van der Waals surface area (Å²) >= 11 is 0. The molecule has 0 fully saturated rings. The maximum atomic E-state index is 5.63. The lowest BCUT2D eigenvalue weighted by Crippen LogP contribution is -2.12. The van der Waals surface area contributed by atoms with Gasteiger partial charge in [-0.25, -0.2) is 0 Å². The second-order valence-electron chi connectivity index (χ2n) is 3.49. The number of hydrogen-bond donors (Lipinski definition) is 0. The largest absolute Gasteiger partial charge is 0.543 e. The van der Waals surface area contributed by atoms with Crippen LogP contribution < -0.4 is 8.85 Å². The topological polar surface area (TPSA) is 18.5 Å². The van der Waals surface area contributed by atoms with Crippen molar-refractivity contribution in [1.29, 1.82) is 0 Å². The van der Waals surface area contributed by atoms with Crippen molar-refractivity contribution in [2.45, 2.75) is 26.2 Å². The zero-order chi connectivity index (χ0) is 10.6. The molecule has 0 unspecified atom stereocenters. The lowest BCUT2D eigenvalue weighted by molar-refractivity contribution is 0.564. The van der Waals surface area contributed by atoms with E-state index in [0.717, 1.165) is 11.5 Å². The normalized spacial score (nSPS) is 10.7. The zero-order valence-corrected chi connectivity index (χ0v) is 11.1. The highest BCUT2D eigenvalue weighted by Crippen LogP contribution is 2.18. The molecule has 0 aliphatic carbocycles. The van der Waals surface area contributed by atoms with Crippen molar-refractivity contribution in [1.82, 2.24) is 0 Å². The molecule has 0 bridgehead atoms. The summed E-state index contributed by atoms with van der Waals surface area (Å²) in [5, 5.41) is 0. The molecule has 0 saturated heterocycles. The van der Waals surface area contributed by atoms with Crippen LogP contribution in [0.3, 0.4) is 0 Å². The second kappa shape index (κ2) is 5.21. The molecular weight excluding hydrogens is 208 g/mol. The Kier molecular flexibility index (Phi) is 4.22. The summed E-state index contributed by atoms with van der Waals surface area (Å²) in [5.41, 5.74) is 0. The molecule has 0 amide bonds. The van der Waals surface area contributed by atoms with Crippen LogP contribution in [0.2, 0.25) is 26.2 Å². The predicted molar refractivity (Wildman–Crippen MR) is 62.7 cm³/mol. The standard InChI is InChI=1S/C10H16O2Si2/c1-13(2)11-9-5-7-10(8-6-9)12-14(3)4/h5-8H,1-4H3. The first-order chi connectivity index (χ1) is 6.58. The Balaban J connectivity index is 2.59. The highest BCUT2D eigenvalue weighted by Gasteiger charge is 2.02. The van der Waals surface area contributed by atoms with Gasteiger partial charge in [0.2, 0.25) is 0 Å². The van der Waals surface area contributed by atoms with Crippen LogP contribution >= 0.6 is 0 Å². The summed E-state index contributed by atoms with van der Waals surface area (Å²) in [6.07, 6.45) is 0. The maximum Gasteiger partial charge on any atom is 0.274 e. The lowest BCUT2D eigenvalue weighted by Gasteiger charge is -2.11. The van der Waals surface area contributed by atoms with Gasteiger partial charge in [-0.1, -0.05) is 0 Å². The average molecular weight is 224 g/mol. The van der Waals surface area contributed by atoms with Gasteiger partial charge in [-0.15, -0.1) is 0 Å². The van der Waals surface area contributed by atoms with Gasteiger partial charge in [-0.2, -0.15) is 0 Å². The summed E-state index contributed by atoms with van der Waals surface area (Å²) in [5.74, 6) is 1.88. The summed E-state index contributed by atoms with van der Waals surface area (Å²) in [7, 11) is -1.31. The average Bonchev–Trinajstić information content (AvgIpc) is 2.06. The molecule has 1 rings (SSSR count). The molecule has 1 aromatic carbocycles. The predicted octanol–water partition coefficient (Wildman–Crippen LogP) is 2.95. The van der Waals surface area contributed by atoms with E-state index in [2.05, 4.69) is 26.2 Å². The summed E-state index contributed by atoms with van der Waals surface area (Å²) in [6, 6.07) is 7.88. The fourth-order valence-electron chi connectivity index (χ4n) is 1.05. The minimum atomic E-state index is -0.657. The van der Waals surface area contributed by atoms with Gasteiger partial charge < -0.3 is 8.85 Å². The van der Waals surface area contributed by atoms with Gasteiger partial charge >= 0.3 is 0 Å². The third kappa shape index (κ3) is 3.97. The summed E-state index contributed by atoms with van der Waals surface area (Å²) in [6.45, 7) is 8.48. The van der Waals surface area contributed by atoms with Crippen molar-refractivity contribution in [2.75, 3.05) is 0 Å². The first-order valence-corrected chi connectivity index (χ1v) is 9.45. The van der Waals surface area contributed by atoms with Crippen LogP contribution in [-0.2, 0) is 0 Å². The van der Waals surface area contributed by atoms with Crippen LogP contribution in [0.25, 0.3) is 0 Å². The van der Waals surface area contributed by atoms with Gasteiger partial charge in [0.05, 0.1) is 0 Å². The van der Waals surface area contributed by atoms with E-state index in [1.54, 1.807) is 0 Å². The molecule has 14 heavy (non-hydrogen) atoms. The molecular formula is C10H16O2Si2. The highest BCUT2D eigenvalue weighted by atomic mass is 28.3. The second-order valence-corrected chi connectivity index (χ2v) is 7.53. The van der Waals surface area contributed by atoms with Crippen LogP contribution in [-0.4, -0.2) is 18.1 Å². The van der Waals surface area contributed by atoms with Gasteiger partial charge in [0, 0.05) is 0 Å². The Morgan fingerprint density at radius 2 is 1.00 bits per heavy atom. The van der Waals surface area contributed by atoms with E-state index in [-0.39, 0.29) is 0 Å². The summed E-state index contributed by atoms with van der Waals surface area (Å²) in [4.78, 5) is 0. The number of hydrogen-bond acceptors (Lipinski definition) is 2. The van der Waals surface area contributed by atoms with Crippen LogP contribution in [0.5, 0.6) is 11.5 Å². The van der Waals surface area contributed by atoms with Crippen LogP contribution in [0.4, 0.5) is 0 Å². The number of benzene rings is 1. The maximum absolute atomic E-state index is 5.63. The third-order valence-corrected chi connectivity index (χ3v) is 2.76. The quantitative estimate of drug-likeness (QED) is 0.732. The zero-order valence-electron chi connectivity index (χ0n) is 9.13. The smallest absolute Gasteiger partial charge is 0.274 e.